The monoisotopic (exact) mass is 1100 g/mol. The number of hydrogen-bond donors (Lipinski definition) is 0. The van der Waals surface area contributed by atoms with Crippen LogP contribution < -0.4 is 36.5 Å². The first-order chi connectivity index (χ1) is 41.1. The van der Waals surface area contributed by atoms with Crippen LogP contribution in [0.4, 0.5) is 0 Å². The Kier molecular flexibility index (Phi) is 15.2. The van der Waals surface area contributed by atoms with Crippen LogP contribution in [-0.2, 0) is 52.4 Å². The normalized spacial score (nSPS) is 12.6. The molecule has 84 heavy (non-hydrogen) atoms. The zero-order chi connectivity index (χ0) is 56.9. The molecule has 0 unspecified atom stereocenters. The summed E-state index contributed by atoms with van der Waals surface area (Å²) in [7, 11) is 0. The molecule has 42 heterocycles. The summed E-state index contributed by atoms with van der Waals surface area (Å²) in [4.78, 5) is 0. The van der Waals surface area contributed by atoms with Crippen molar-refractivity contribution in [3.63, 3.8) is 0 Å². The van der Waals surface area contributed by atoms with E-state index in [9.17, 15) is 0 Å². The quantitative estimate of drug-likeness (QED) is 0.136. The van der Waals surface area contributed by atoms with Crippen LogP contribution in [0.5, 0.6) is 0 Å². The Hall–Kier alpha value is -9.92. The van der Waals surface area contributed by atoms with Gasteiger partial charge in [-0.05, 0) is 72.2 Å². The van der Waals surface area contributed by atoms with E-state index in [4.69, 9.17) is 0 Å². The molecule has 24 bridgehead atoms. The molecule has 0 amide bonds. The molecule has 0 radical (unpaired) electrons. The second-order valence-electron chi connectivity index (χ2n) is 23.2. The van der Waals surface area contributed by atoms with Crippen molar-refractivity contribution in [1.29, 1.82) is 0 Å². The summed E-state index contributed by atoms with van der Waals surface area (Å²) in [5, 5.41) is 0. The van der Waals surface area contributed by atoms with Crippen LogP contribution in [0.3, 0.4) is 0 Å². The van der Waals surface area contributed by atoms with E-state index in [1.165, 1.54) is 111 Å². The van der Waals surface area contributed by atoms with Gasteiger partial charge in [-0.3, -0.25) is 0 Å². The van der Waals surface area contributed by atoms with Crippen molar-refractivity contribution in [3.8, 4) is 44.5 Å². The smallest absolute Gasteiger partial charge is 0.173 e. The topological polar surface area (TPSA) is 31.0 Å². The van der Waals surface area contributed by atoms with Gasteiger partial charge in [0.05, 0.1) is 0 Å². The van der Waals surface area contributed by atoms with Gasteiger partial charge >= 0.3 is 0 Å². The van der Waals surface area contributed by atoms with E-state index in [2.05, 4.69) is 333 Å². The molecule has 0 aliphatic carbocycles. The minimum atomic E-state index is 0.817. The Morgan fingerprint density at radius 3 is 0.476 bits per heavy atom. The zero-order valence-corrected chi connectivity index (χ0v) is 48.6. The van der Waals surface area contributed by atoms with E-state index in [0.717, 1.165) is 52.4 Å². The second-order valence-corrected chi connectivity index (χ2v) is 23.2. The first-order valence-corrected chi connectivity index (χ1v) is 29.4. The fourth-order valence-electron chi connectivity index (χ4n) is 12.0. The molecule has 0 saturated heterocycles. The average Bonchev–Trinajstić information content (AvgIpc) is 3.67. The number of pyridine rings is 8. The van der Waals surface area contributed by atoms with Gasteiger partial charge in [-0.1, -0.05) is 97.1 Å². The third kappa shape index (κ3) is 12.6. The van der Waals surface area contributed by atoms with E-state index in [1.54, 1.807) is 0 Å². The van der Waals surface area contributed by atoms with E-state index in [1.807, 2.05) is 0 Å². The number of nitrogens with zero attached hydrogens (tertiary/aromatic N) is 8. The van der Waals surface area contributed by atoms with E-state index >= 15 is 0 Å². The SMILES string of the molecule is Cc1c[n+]2ccc1-c1cc[n+](cc1C)Cc1ccc(cc1)C[n+]1ccc(cc1)-c1cc[n+](cc1)Cc1ccc(cc1)C[n+]1ccc(c(C)c1)-c1cc[n+](cc1C)Cc1ccc(cc1)C[n+]1ccc(cc1)-c1cc[n+](cc1)Cc1ccc(cc1)C2. The molecule has 8 heteroatoms. The molecule has 4 aromatic carbocycles. The molecule has 0 atom stereocenters. The van der Waals surface area contributed by atoms with Gasteiger partial charge < -0.3 is 0 Å². The maximum Gasteiger partial charge on any atom is 0.173 e. The number of rotatable bonds is 0. The van der Waals surface area contributed by atoms with Gasteiger partial charge in [0.1, 0.15) is 0 Å². The van der Waals surface area contributed by atoms with Gasteiger partial charge in [-0.2, -0.15) is 0 Å². The van der Waals surface area contributed by atoms with Crippen LogP contribution in [0.25, 0.3) is 44.5 Å². The van der Waals surface area contributed by atoms with Crippen LogP contribution in [0.15, 0.2) is 269 Å². The summed E-state index contributed by atoms with van der Waals surface area (Å²) in [6, 6.07) is 63.0. The van der Waals surface area contributed by atoms with E-state index in [-0.39, 0.29) is 0 Å². The molecule has 34 aliphatic rings. The number of aromatic nitrogens is 8. The van der Waals surface area contributed by atoms with E-state index < -0.39 is 0 Å². The molecule has 408 valence electrons. The van der Waals surface area contributed by atoms with Crippen molar-refractivity contribution >= 4 is 0 Å². The second kappa shape index (κ2) is 23.9. The maximum absolute atomic E-state index is 2.29. The molecular weight excluding hydrogens is 1020 g/mol. The molecule has 46 rings (SSSR count). The molecule has 34 aliphatic heterocycles. The van der Waals surface area contributed by atoms with Crippen molar-refractivity contribution in [1.82, 2.24) is 0 Å². The predicted octanol–water partition coefficient (Wildman–Crippen LogP) is 10.6. The highest BCUT2D eigenvalue weighted by molar-refractivity contribution is 5.69. The summed E-state index contributed by atoms with van der Waals surface area (Å²) in [5.74, 6) is 0. The van der Waals surface area contributed by atoms with Crippen LogP contribution in [-0.4, -0.2) is 0 Å². The highest BCUT2D eigenvalue weighted by atomic mass is 15.0. The number of hydrogen-bond acceptors (Lipinski definition) is 0. The van der Waals surface area contributed by atoms with Crippen LogP contribution >= 0.6 is 0 Å². The summed E-state index contributed by atoms with van der Waals surface area (Å²) < 4.78 is 18.2. The molecule has 8 nitrogen and oxygen atoms in total. The van der Waals surface area contributed by atoms with Gasteiger partial charge in [0.25, 0.3) is 0 Å². The Morgan fingerprint density at radius 2 is 0.321 bits per heavy atom. The Bertz CT molecular complexity index is 3710. The highest BCUT2D eigenvalue weighted by Crippen LogP contribution is 2.27. The van der Waals surface area contributed by atoms with Crippen LogP contribution in [0.1, 0.15) is 66.8 Å². The average molecular weight is 1100 g/mol. The Balaban J connectivity index is 0.707. The van der Waals surface area contributed by atoms with Gasteiger partial charge in [-0.25, -0.2) is 36.5 Å². The molecule has 0 fully saturated rings. The minimum absolute atomic E-state index is 0.817. The van der Waals surface area contributed by atoms with Gasteiger partial charge in [-0.15, -0.1) is 0 Å². The maximum atomic E-state index is 2.29. The van der Waals surface area contributed by atoms with Crippen LogP contribution in [0, 0.1) is 27.7 Å². The Morgan fingerprint density at radius 1 is 0.179 bits per heavy atom. The van der Waals surface area contributed by atoms with E-state index in [0.29, 0.717) is 0 Å². The lowest BCUT2D eigenvalue weighted by atomic mass is 9.99. The summed E-state index contributed by atoms with van der Waals surface area (Å²) >= 11 is 0. The molecule has 0 saturated carbocycles. The Labute approximate surface area is 494 Å². The lowest BCUT2D eigenvalue weighted by Crippen LogP contribution is -2.35. The first-order valence-electron chi connectivity index (χ1n) is 29.4. The van der Waals surface area contributed by atoms with Crippen molar-refractivity contribution in [2.75, 3.05) is 0 Å². The van der Waals surface area contributed by atoms with Crippen molar-refractivity contribution in [2.24, 2.45) is 0 Å². The molecule has 0 spiro atoms. The number of benzene rings is 4. The fraction of sp³-hybridized carbons (Fsp3) is 0.158. The predicted molar refractivity (Wildman–Crippen MR) is 327 cm³/mol. The van der Waals surface area contributed by atoms with Crippen molar-refractivity contribution in [2.45, 2.75) is 80.1 Å². The first kappa shape index (κ1) is 53.4. The molecule has 12 aromatic rings. The van der Waals surface area contributed by atoms with Gasteiger partial charge in [0.15, 0.2) is 152 Å². The molecule has 8 aromatic heterocycles. The summed E-state index contributed by atoms with van der Waals surface area (Å²) in [5.41, 5.74) is 25.2. The lowest BCUT2D eigenvalue weighted by molar-refractivity contribution is -0.689. The highest BCUT2D eigenvalue weighted by Gasteiger charge is 2.18. The summed E-state index contributed by atoms with van der Waals surface area (Å²) in [6.45, 7) is 15.4. The van der Waals surface area contributed by atoms with Crippen molar-refractivity contribution < 1.29 is 36.5 Å². The number of aryl methyl sites for hydroxylation is 4. The molecular formula is C76H72N8+8. The largest absolute Gasteiger partial charge is 0.201 e. The fourth-order valence-corrected chi connectivity index (χ4v) is 12.0. The van der Waals surface area contributed by atoms with Crippen molar-refractivity contribution in [3.05, 3.63) is 336 Å². The van der Waals surface area contributed by atoms with Gasteiger partial charge in [0.2, 0.25) is 0 Å². The minimum Gasteiger partial charge on any atom is -0.201 e. The lowest BCUT2D eigenvalue weighted by Gasteiger charge is -2.09. The van der Waals surface area contributed by atoms with Crippen LogP contribution in [0.2, 0.25) is 0 Å². The standard InChI is InChI=1S/C76H72N8/c1-57-45-81-41-29-73(57)74-30-42-82(46-58(74)2)54-66-15-7-62(8-16-66)50-78-35-23-71(24-36-78)72-27-39-80(40-28-72)52-64-11-19-68(20-12-64)56-84-44-32-76(60(4)48-84)75-31-43-83(47-59(75)3)55-67-17-9-63(10-18-67)51-79-37-25-70(26-38-79)69-21-33-77(34-22-69)49-61-5-13-65(53-81)14-6-61/h5-48H,49-56H2,1-4H3/q+8. The third-order valence-electron chi connectivity index (χ3n) is 16.7. The summed E-state index contributed by atoms with van der Waals surface area (Å²) in [6.07, 6.45) is 35.5. The molecule has 0 N–H and O–H groups in total. The zero-order valence-electron chi connectivity index (χ0n) is 48.6. The van der Waals surface area contributed by atoms with Gasteiger partial charge in [0, 0.05) is 140 Å². The third-order valence-corrected chi connectivity index (χ3v) is 16.7.